The van der Waals surface area contributed by atoms with Crippen LogP contribution in [0, 0.1) is 6.92 Å². The summed E-state index contributed by atoms with van der Waals surface area (Å²) in [6.07, 6.45) is 0.855. The van der Waals surface area contributed by atoms with E-state index in [0.29, 0.717) is 6.61 Å². The maximum Gasteiger partial charge on any atom is 0.0759 e. The monoisotopic (exact) mass is 231 g/mol. The number of para-hydroxylation sites is 1. The smallest absolute Gasteiger partial charge is 0.0759 e. The Labute approximate surface area is 101 Å². The molecule has 0 atom stereocenters. The lowest BCUT2D eigenvalue weighted by molar-refractivity contribution is 0.202. The molecule has 1 aromatic heterocycles. The Bertz CT molecular complexity index is 525. The summed E-state index contributed by atoms with van der Waals surface area (Å²) < 4.78 is 5.11. The number of nitrogens with one attached hydrogen (secondary N) is 1. The minimum atomic E-state index is 0.695. The molecule has 0 bridgehead atoms. The fraction of sp³-hybridized carbons (Fsp3) is 0.308. The van der Waals surface area contributed by atoms with Crippen LogP contribution in [0.25, 0.3) is 10.9 Å². The van der Waals surface area contributed by atoms with E-state index in [-0.39, 0.29) is 0 Å². The summed E-state index contributed by atoms with van der Waals surface area (Å²) in [5.41, 5.74) is 6.77. The van der Waals surface area contributed by atoms with Gasteiger partial charge in [-0.2, -0.15) is 0 Å². The molecule has 0 amide bonds. The first-order valence-electron chi connectivity index (χ1n) is 5.61. The molecule has 4 heteroatoms. The van der Waals surface area contributed by atoms with Gasteiger partial charge in [0.25, 0.3) is 0 Å². The third-order valence-electron chi connectivity index (χ3n) is 2.78. The van der Waals surface area contributed by atoms with Gasteiger partial charge in [-0.05, 0) is 25.0 Å². The number of rotatable bonds is 4. The minimum absolute atomic E-state index is 0.695. The molecule has 0 saturated heterocycles. The predicted molar refractivity (Wildman–Crippen MR) is 69.9 cm³/mol. The fourth-order valence-corrected chi connectivity index (χ4v) is 1.97. The molecule has 0 aliphatic heterocycles. The van der Waals surface area contributed by atoms with Gasteiger partial charge < -0.3 is 10.2 Å². The van der Waals surface area contributed by atoms with Crippen LogP contribution in [0.15, 0.2) is 24.3 Å². The number of hydrogen-bond donors (Lipinski definition) is 2. The zero-order valence-electron chi connectivity index (χ0n) is 10.2. The molecule has 17 heavy (non-hydrogen) atoms. The zero-order valence-corrected chi connectivity index (χ0v) is 10.2. The van der Waals surface area contributed by atoms with Crippen molar-refractivity contribution in [1.29, 1.82) is 0 Å². The molecular weight excluding hydrogens is 214 g/mol. The third kappa shape index (κ3) is 2.38. The largest absolute Gasteiger partial charge is 0.384 e. The van der Waals surface area contributed by atoms with Gasteiger partial charge in [0, 0.05) is 18.2 Å². The van der Waals surface area contributed by atoms with Crippen LogP contribution < -0.4 is 11.3 Å². The van der Waals surface area contributed by atoms with Gasteiger partial charge in [-0.3, -0.25) is 10.8 Å². The van der Waals surface area contributed by atoms with Crippen LogP contribution in [-0.2, 0) is 11.2 Å². The van der Waals surface area contributed by atoms with Crippen molar-refractivity contribution in [1.82, 2.24) is 4.98 Å². The van der Waals surface area contributed by atoms with Crippen LogP contribution in [0.2, 0.25) is 0 Å². The van der Waals surface area contributed by atoms with Crippen molar-refractivity contribution in [3.8, 4) is 0 Å². The molecule has 2 rings (SSSR count). The fourth-order valence-electron chi connectivity index (χ4n) is 1.97. The summed E-state index contributed by atoms with van der Waals surface area (Å²) in [5.74, 6) is 5.53. The van der Waals surface area contributed by atoms with E-state index in [1.54, 1.807) is 7.11 Å². The Morgan fingerprint density at radius 2 is 2.24 bits per heavy atom. The summed E-state index contributed by atoms with van der Waals surface area (Å²) in [4.78, 5) is 4.59. The van der Waals surface area contributed by atoms with Crippen molar-refractivity contribution in [2.75, 3.05) is 19.1 Å². The van der Waals surface area contributed by atoms with Gasteiger partial charge in [0.15, 0.2) is 0 Å². The Morgan fingerprint density at radius 3 is 2.94 bits per heavy atom. The second kappa shape index (κ2) is 5.12. The van der Waals surface area contributed by atoms with Crippen LogP contribution >= 0.6 is 0 Å². The lowest BCUT2D eigenvalue weighted by Gasteiger charge is -2.10. The van der Waals surface area contributed by atoms with Gasteiger partial charge in [0.1, 0.15) is 0 Å². The number of methoxy groups -OCH3 is 1. The van der Waals surface area contributed by atoms with Crippen LogP contribution in [0.1, 0.15) is 11.3 Å². The Morgan fingerprint density at radius 1 is 1.41 bits per heavy atom. The molecular formula is C13H17N3O. The molecule has 0 saturated carbocycles. The van der Waals surface area contributed by atoms with Gasteiger partial charge >= 0.3 is 0 Å². The average molecular weight is 231 g/mol. The van der Waals surface area contributed by atoms with Gasteiger partial charge in [-0.15, -0.1) is 0 Å². The summed E-state index contributed by atoms with van der Waals surface area (Å²) >= 11 is 0. The molecule has 3 N–H and O–H groups in total. The van der Waals surface area contributed by atoms with Crippen LogP contribution in [0.4, 0.5) is 5.69 Å². The molecule has 0 aliphatic carbocycles. The number of nitrogens with two attached hydrogens (primary N) is 1. The molecule has 0 aliphatic rings. The number of ether oxygens (including phenoxy) is 1. The average Bonchev–Trinajstić information content (AvgIpc) is 2.35. The highest BCUT2D eigenvalue weighted by Gasteiger charge is 2.07. The number of benzene rings is 1. The van der Waals surface area contributed by atoms with Gasteiger partial charge in [0.2, 0.25) is 0 Å². The Kier molecular flexibility index (Phi) is 3.56. The first-order chi connectivity index (χ1) is 8.26. The van der Waals surface area contributed by atoms with E-state index < -0.39 is 0 Å². The Hall–Kier alpha value is -1.65. The maximum atomic E-state index is 5.53. The number of nitrogens with zero attached hydrogens (tertiary/aromatic N) is 1. The van der Waals surface area contributed by atoms with Crippen LogP contribution in [0.5, 0.6) is 0 Å². The predicted octanol–water partition coefficient (Wildman–Crippen LogP) is 2.02. The molecule has 1 heterocycles. The normalized spacial score (nSPS) is 10.8. The molecule has 0 unspecified atom stereocenters. The van der Waals surface area contributed by atoms with E-state index >= 15 is 0 Å². The first kappa shape index (κ1) is 11.8. The lowest BCUT2D eigenvalue weighted by Crippen LogP contribution is -2.08. The van der Waals surface area contributed by atoms with Crippen molar-refractivity contribution in [2.24, 2.45) is 5.84 Å². The third-order valence-corrected chi connectivity index (χ3v) is 2.78. The van der Waals surface area contributed by atoms with E-state index in [1.165, 1.54) is 5.56 Å². The molecule has 4 nitrogen and oxygen atoms in total. The summed E-state index contributed by atoms with van der Waals surface area (Å²) in [7, 11) is 1.71. The minimum Gasteiger partial charge on any atom is -0.384 e. The lowest BCUT2D eigenvalue weighted by atomic mass is 10.1. The second-order valence-electron chi connectivity index (χ2n) is 4.01. The standard InChI is InChI=1S/C13H17N3O/c1-9-8-12(16-14)11-5-3-4-10(6-7-17-2)13(11)15-9/h3-5,8H,6-7,14H2,1-2H3,(H,15,16). The molecule has 1 aromatic carbocycles. The van der Waals surface area contributed by atoms with Gasteiger partial charge in [-0.1, -0.05) is 18.2 Å². The number of aryl methyl sites for hydroxylation is 1. The Balaban J connectivity index is 2.58. The molecule has 90 valence electrons. The van der Waals surface area contributed by atoms with E-state index in [2.05, 4.69) is 16.5 Å². The van der Waals surface area contributed by atoms with Crippen molar-refractivity contribution in [3.05, 3.63) is 35.5 Å². The summed E-state index contributed by atoms with van der Waals surface area (Å²) in [6.45, 7) is 2.66. The number of aromatic nitrogens is 1. The number of hydrazine groups is 1. The highest BCUT2D eigenvalue weighted by Crippen LogP contribution is 2.25. The van der Waals surface area contributed by atoms with Crippen molar-refractivity contribution < 1.29 is 4.74 Å². The van der Waals surface area contributed by atoms with Crippen molar-refractivity contribution in [3.63, 3.8) is 0 Å². The van der Waals surface area contributed by atoms with Crippen LogP contribution in [0.3, 0.4) is 0 Å². The van der Waals surface area contributed by atoms with Crippen molar-refractivity contribution >= 4 is 16.6 Å². The SMILES string of the molecule is COCCc1cccc2c(NN)cc(C)nc12. The van der Waals surface area contributed by atoms with Crippen molar-refractivity contribution in [2.45, 2.75) is 13.3 Å². The molecule has 2 aromatic rings. The number of pyridine rings is 1. The van der Waals surface area contributed by atoms with Gasteiger partial charge in [0.05, 0.1) is 17.8 Å². The van der Waals surface area contributed by atoms with Gasteiger partial charge in [-0.25, -0.2) is 0 Å². The van der Waals surface area contributed by atoms with E-state index in [0.717, 1.165) is 28.7 Å². The summed E-state index contributed by atoms with van der Waals surface area (Å²) in [5, 5.41) is 1.05. The number of anilines is 1. The molecule has 0 radical (unpaired) electrons. The van der Waals surface area contributed by atoms with E-state index in [4.69, 9.17) is 10.6 Å². The number of hydrogen-bond acceptors (Lipinski definition) is 4. The second-order valence-corrected chi connectivity index (χ2v) is 4.01. The summed E-state index contributed by atoms with van der Waals surface area (Å²) in [6, 6.07) is 8.06. The van der Waals surface area contributed by atoms with E-state index in [1.807, 2.05) is 25.1 Å². The maximum absolute atomic E-state index is 5.53. The molecule has 0 fully saturated rings. The van der Waals surface area contributed by atoms with Crippen LogP contribution in [-0.4, -0.2) is 18.7 Å². The number of fused-ring (bicyclic) bond motifs is 1. The highest BCUT2D eigenvalue weighted by molar-refractivity contribution is 5.93. The number of nitrogen functional groups attached to an aromatic ring is 1. The zero-order chi connectivity index (χ0) is 12.3. The molecule has 0 spiro atoms. The quantitative estimate of drug-likeness (QED) is 0.624. The highest BCUT2D eigenvalue weighted by atomic mass is 16.5. The first-order valence-corrected chi connectivity index (χ1v) is 5.61. The van der Waals surface area contributed by atoms with E-state index in [9.17, 15) is 0 Å². The topological polar surface area (TPSA) is 60.2 Å².